The van der Waals surface area contributed by atoms with Crippen LogP contribution in [0.1, 0.15) is 70.6 Å². The van der Waals surface area contributed by atoms with E-state index < -0.39 is 5.91 Å². The molecule has 1 aliphatic carbocycles. The Morgan fingerprint density at radius 3 is 2.53 bits per heavy atom. The van der Waals surface area contributed by atoms with Gasteiger partial charge < -0.3 is 20.1 Å². The van der Waals surface area contributed by atoms with Gasteiger partial charge in [0.1, 0.15) is 5.01 Å². The van der Waals surface area contributed by atoms with Crippen LogP contribution in [0.15, 0.2) is 42.6 Å². The van der Waals surface area contributed by atoms with Crippen molar-refractivity contribution in [2.75, 3.05) is 13.2 Å². The van der Waals surface area contributed by atoms with Crippen molar-refractivity contribution in [3.63, 3.8) is 0 Å². The van der Waals surface area contributed by atoms with E-state index in [1.807, 2.05) is 12.1 Å². The zero-order valence-corrected chi connectivity index (χ0v) is 18.9. The number of hydrogen-bond donors (Lipinski definition) is 2. The summed E-state index contributed by atoms with van der Waals surface area (Å²) in [6.45, 7) is 1.68. The van der Waals surface area contributed by atoms with Gasteiger partial charge in [-0.15, -0.1) is 11.3 Å². The first-order valence-electron chi connectivity index (χ1n) is 11.4. The first-order chi connectivity index (χ1) is 15.6. The second-order valence-electron chi connectivity index (χ2n) is 8.86. The summed E-state index contributed by atoms with van der Waals surface area (Å²) in [6.07, 6.45) is 7.34. The van der Waals surface area contributed by atoms with E-state index in [1.165, 1.54) is 24.1 Å². The normalized spacial score (nSPS) is 18.0. The minimum absolute atomic E-state index is 0.0211. The highest BCUT2D eigenvalue weighted by atomic mass is 32.1. The molecule has 1 aliphatic heterocycles. The molecule has 6 nitrogen and oxygen atoms in total. The largest absolute Gasteiger partial charge is 0.391 e. The lowest BCUT2D eigenvalue weighted by molar-refractivity contribution is 0.0625. The molecule has 5 rings (SSSR count). The summed E-state index contributed by atoms with van der Waals surface area (Å²) >= 11 is 1.56. The summed E-state index contributed by atoms with van der Waals surface area (Å²) in [7, 11) is 0. The zero-order valence-electron chi connectivity index (χ0n) is 18.1. The predicted molar refractivity (Wildman–Crippen MR) is 125 cm³/mol. The summed E-state index contributed by atoms with van der Waals surface area (Å²) < 4.78 is 8.08. The highest BCUT2D eigenvalue weighted by molar-refractivity contribution is 7.14. The molecule has 1 saturated heterocycles. The Bertz CT molecular complexity index is 1080. The van der Waals surface area contributed by atoms with Crippen LogP contribution < -0.4 is 5.73 Å². The molecule has 32 heavy (non-hydrogen) atoms. The Kier molecular flexibility index (Phi) is 6.13. The standard InChI is InChI=1S/C25H29N3O3S/c26-24(30)18-3-1-17(2-4-18)21(13-16-9-11-31-12-10-16)22-7-8-23(28(22)19-5-6-19)25-27-14-20(15-29)32-25/h1-4,7-8,14,16,19,21,29H,5-6,9-13,15H2,(H2,26,30). The summed E-state index contributed by atoms with van der Waals surface area (Å²) in [4.78, 5) is 17.1. The number of aromatic nitrogens is 2. The highest BCUT2D eigenvalue weighted by Gasteiger charge is 2.33. The van der Waals surface area contributed by atoms with E-state index in [0.717, 1.165) is 48.1 Å². The van der Waals surface area contributed by atoms with Gasteiger partial charge in [-0.2, -0.15) is 0 Å². The maximum Gasteiger partial charge on any atom is 0.248 e. The number of nitrogens with two attached hydrogens (primary N) is 1. The average molecular weight is 452 g/mol. The third-order valence-electron chi connectivity index (χ3n) is 6.65. The molecule has 0 radical (unpaired) electrons. The molecule has 0 bridgehead atoms. The van der Waals surface area contributed by atoms with Crippen LogP contribution in [0.2, 0.25) is 0 Å². The molecule has 2 fully saturated rings. The SMILES string of the molecule is NC(=O)c1ccc(C(CC2CCOCC2)c2ccc(-c3ncc(CO)s3)n2C2CC2)cc1. The molecule has 2 aliphatic rings. The fourth-order valence-electron chi connectivity index (χ4n) is 4.78. The van der Waals surface area contributed by atoms with E-state index in [4.69, 9.17) is 10.5 Å². The Hall–Kier alpha value is -2.48. The van der Waals surface area contributed by atoms with E-state index in [9.17, 15) is 9.90 Å². The topological polar surface area (TPSA) is 90.4 Å². The van der Waals surface area contributed by atoms with Crippen LogP contribution in [0.5, 0.6) is 0 Å². The number of thiazole rings is 1. The molecule has 2 aromatic heterocycles. The van der Waals surface area contributed by atoms with Crippen LogP contribution in [0.25, 0.3) is 10.7 Å². The van der Waals surface area contributed by atoms with E-state index in [-0.39, 0.29) is 12.5 Å². The van der Waals surface area contributed by atoms with Gasteiger partial charge in [-0.05, 0) is 67.9 Å². The molecule has 7 heteroatoms. The minimum atomic E-state index is -0.398. The van der Waals surface area contributed by atoms with Crippen molar-refractivity contribution in [3.05, 3.63) is 64.3 Å². The number of rotatable bonds is 8. The lowest BCUT2D eigenvalue weighted by atomic mass is 9.83. The van der Waals surface area contributed by atoms with Crippen molar-refractivity contribution in [2.24, 2.45) is 11.7 Å². The maximum atomic E-state index is 11.6. The van der Waals surface area contributed by atoms with Crippen LogP contribution in [0, 0.1) is 5.92 Å². The molecule has 1 unspecified atom stereocenters. The number of benzene rings is 1. The van der Waals surface area contributed by atoms with Gasteiger partial charge >= 0.3 is 0 Å². The monoisotopic (exact) mass is 451 g/mol. The molecule has 3 N–H and O–H groups in total. The predicted octanol–water partition coefficient (Wildman–Crippen LogP) is 4.49. The second-order valence-corrected chi connectivity index (χ2v) is 9.98. The molecule has 0 spiro atoms. The van der Waals surface area contributed by atoms with E-state index in [2.05, 4.69) is 33.8 Å². The van der Waals surface area contributed by atoms with E-state index >= 15 is 0 Å². The quantitative estimate of drug-likeness (QED) is 0.528. The number of aliphatic hydroxyl groups excluding tert-OH is 1. The molecule has 1 saturated carbocycles. The Balaban J connectivity index is 1.55. The molecule has 3 aromatic rings. The van der Waals surface area contributed by atoms with Gasteiger partial charge in [0.05, 0.1) is 17.2 Å². The maximum absolute atomic E-state index is 11.6. The van der Waals surface area contributed by atoms with Crippen molar-refractivity contribution in [3.8, 4) is 10.7 Å². The van der Waals surface area contributed by atoms with Gasteiger partial charge in [-0.3, -0.25) is 4.79 Å². The highest BCUT2D eigenvalue weighted by Crippen LogP contribution is 2.45. The number of ether oxygens (including phenoxy) is 1. The number of primary amides is 1. The molecule has 168 valence electrons. The Morgan fingerprint density at radius 1 is 1.16 bits per heavy atom. The fraction of sp³-hybridized carbons (Fsp3) is 0.440. The van der Waals surface area contributed by atoms with Gasteiger partial charge in [-0.1, -0.05) is 12.1 Å². The fourth-order valence-corrected chi connectivity index (χ4v) is 5.58. The van der Waals surface area contributed by atoms with Crippen LogP contribution in [0.4, 0.5) is 0 Å². The molecular formula is C25H29N3O3S. The molecule has 3 heterocycles. The van der Waals surface area contributed by atoms with Crippen LogP contribution in [-0.2, 0) is 11.3 Å². The van der Waals surface area contributed by atoms with Crippen LogP contribution >= 0.6 is 11.3 Å². The Labute approximate surface area is 192 Å². The van der Waals surface area contributed by atoms with Crippen molar-refractivity contribution in [1.82, 2.24) is 9.55 Å². The van der Waals surface area contributed by atoms with Crippen molar-refractivity contribution in [1.29, 1.82) is 0 Å². The number of carbonyl (C=O) groups excluding carboxylic acids is 1. The summed E-state index contributed by atoms with van der Waals surface area (Å²) in [5.74, 6) is 0.438. The second kappa shape index (κ2) is 9.17. The zero-order chi connectivity index (χ0) is 22.1. The van der Waals surface area contributed by atoms with Gasteiger partial charge in [0.15, 0.2) is 0 Å². The van der Waals surface area contributed by atoms with E-state index in [1.54, 1.807) is 17.5 Å². The lowest BCUT2D eigenvalue weighted by Gasteiger charge is -2.28. The van der Waals surface area contributed by atoms with Gasteiger partial charge in [-0.25, -0.2) is 4.98 Å². The first-order valence-corrected chi connectivity index (χ1v) is 12.2. The van der Waals surface area contributed by atoms with Crippen LogP contribution in [0.3, 0.4) is 0 Å². The van der Waals surface area contributed by atoms with Crippen molar-refractivity contribution < 1.29 is 14.6 Å². The summed E-state index contributed by atoms with van der Waals surface area (Å²) in [5, 5.41) is 10.5. The van der Waals surface area contributed by atoms with Crippen LogP contribution in [-0.4, -0.2) is 33.8 Å². The Morgan fingerprint density at radius 2 is 1.91 bits per heavy atom. The number of hydrogen-bond acceptors (Lipinski definition) is 5. The number of carbonyl (C=O) groups is 1. The van der Waals surface area contributed by atoms with E-state index in [0.29, 0.717) is 17.5 Å². The molecule has 1 amide bonds. The smallest absolute Gasteiger partial charge is 0.248 e. The minimum Gasteiger partial charge on any atom is -0.391 e. The number of amides is 1. The first kappa shape index (κ1) is 21.4. The molecular weight excluding hydrogens is 422 g/mol. The molecule has 1 atom stereocenters. The summed E-state index contributed by atoms with van der Waals surface area (Å²) in [6, 6.07) is 12.7. The van der Waals surface area contributed by atoms with Crippen molar-refractivity contribution >= 4 is 17.2 Å². The van der Waals surface area contributed by atoms with Gasteiger partial charge in [0.25, 0.3) is 0 Å². The van der Waals surface area contributed by atoms with Gasteiger partial charge in [0.2, 0.25) is 5.91 Å². The number of nitrogens with zero attached hydrogens (tertiary/aromatic N) is 2. The van der Waals surface area contributed by atoms with Crippen molar-refractivity contribution in [2.45, 2.75) is 50.7 Å². The van der Waals surface area contributed by atoms with Gasteiger partial charge in [0, 0.05) is 42.6 Å². The number of aliphatic hydroxyl groups is 1. The lowest BCUT2D eigenvalue weighted by Crippen LogP contribution is -2.20. The third kappa shape index (κ3) is 4.37. The average Bonchev–Trinajstić information content (AvgIpc) is 3.38. The summed E-state index contributed by atoms with van der Waals surface area (Å²) in [5.41, 5.74) is 9.67. The molecule has 1 aromatic carbocycles. The third-order valence-corrected chi connectivity index (χ3v) is 7.66.